The molecule has 1 heterocycles. The van der Waals surface area contributed by atoms with E-state index in [0.29, 0.717) is 0 Å². The number of nitro benzene ring substituents is 1. The van der Waals surface area contributed by atoms with E-state index in [1.54, 1.807) is 0 Å². The second-order valence-electron chi connectivity index (χ2n) is 5.52. The number of aromatic nitrogens is 2. The van der Waals surface area contributed by atoms with Crippen LogP contribution in [0.4, 0.5) is 25.8 Å². The SMILES string of the molecule is COc1nn(CCC(=O)Nc2cc(OCC(F)F)cc([N+](=O)[O-])c2)cc1[N+](=O)[O-]. The van der Waals surface area contributed by atoms with Crippen molar-refractivity contribution in [2.75, 3.05) is 19.0 Å². The zero-order valence-corrected chi connectivity index (χ0v) is 14.9. The van der Waals surface area contributed by atoms with Gasteiger partial charge in [-0.2, -0.15) is 0 Å². The van der Waals surface area contributed by atoms with Crippen molar-refractivity contribution in [2.24, 2.45) is 0 Å². The smallest absolute Gasteiger partial charge is 0.350 e. The van der Waals surface area contributed by atoms with Gasteiger partial charge in [-0.1, -0.05) is 0 Å². The van der Waals surface area contributed by atoms with E-state index in [1.807, 2.05) is 0 Å². The molecule has 1 aromatic heterocycles. The predicted octanol–water partition coefficient (Wildman–Crippen LogP) is 2.38. The number of hydrogen-bond acceptors (Lipinski definition) is 8. The fraction of sp³-hybridized carbons (Fsp3) is 0.333. The van der Waals surface area contributed by atoms with Gasteiger partial charge >= 0.3 is 11.6 Å². The van der Waals surface area contributed by atoms with E-state index in [4.69, 9.17) is 9.47 Å². The molecule has 0 saturated heterocycles. The fourth-order valence-corrected chi connectivity index (χ4v) is 2.22. The number of non-ortho nitro benzene ring substituents is 1. The first-order valence-electron chi connectivity index (χ1n) is 7.95. The average Bonchev–Trinajstić information content (AvgIpc) is 3.08. The summed E-state index contributed by atoms with van der Waals surface area (Å²) in [5.74, 6) is -1.01. The van der Waals surface area contributed by atoms with E-state index in [2.05, 4.69) is 10.4 Å². The molecule has 29 heavy (non-hydrogen) atoms. The summed E-state index contributed by atoms with van der Waals surface area (Å²) < 4.78 is 35.2. The van der Waals surface area contributed by atoms with Crippen LogP contribution in [-0.2, 0) is 11.3 Å². The van der Waals surface area contributed by atoms with Gasteiger partial charge in [0.15, 0.2) is 0 Å². The quantitative estimate of drug-likeness (QED) is 0.459. The number of ether oxygens (including phenoxy) is 2. The molecule has 0 unspecified atom stereocenters. The van der Waals surface area contributed by atoms with Crippen LogP contribution < -0.4 is 14.8 Å². The molecular formula is C15H15F2N5O7. The van der Waals surface area contributed by atoms with Crippen LogP contribution in [0.2, 0.25) is 0 Å². The average molecular weight is 415 g/mol. The van der Waals surface area contributed by atoms with Gasteiger partial charge in [0.1, 0.15) is 18.6 Å². The van der Waals surface area contributed by atoms with Gasteiger partial charge in [0.05, 0.1) is 35.3 Å². The van der Waals surface area contributed by atoms with Gasteiger partial charge in [-0.15, -0.1) is 5.10 Å². The molecule has 0 fully saturated rings. The Bertz CT molecular complexity index is 918. The highest BCUT2D eigenvalue weighted by Gasteiger charge is 2.20. The number of methoxy groups -OCH3 is 1. The minimum Gasteiger partial charge on any atom is -0.487 e. The third-order valence-electron chi connectivity index (χ3n) is 3.43. The molecule has 0 spiro atoms. The number of aryl methyl sites for hydroxylation is 1. The van der Waals surface area contributed by atoms with Crippen LogP contribution in [0.15, 0.2) is 24.4 Å². The maximum absolute atomic E-state index is 12.3. The highest BCUT2D eigenvalue weighted by Crippen LogP contribution is 2.27. The van der Waals surface area contributed by atoms with Crippen LogP contribution in [-0.4, -0.2) is 45.7 Å². The van der Waals surface area contributed by atoms with Crippen LogP contribution in [0, 0.1) is 20.2 Å². The third kappa shape index (κ3) is 6.08. The van der Waals surface area contributed by atoms with Gasteiger partial charge in [0.2, 0.25) is 5.91 Å². The summed E-state index contributed by atoms with van der Waals surface area (Å²) in [4.78, 5) is 32.5. The molecule has 0 atom stereocenters. The molecule has 2 aromatic rings. The van der Waals surface area contributed by atoms with Crippen LogP contribution >= 0.6 is 0 Å². The molecule has 1 amide bonds. The number of carbonyl (C=O) groups is 1. The largest absolute Gasteiger partial charge is 0.487 e. The molecule has 0 aliphatic heterocycles. The number of rotatable bonds is 10. The molecule has 0 aliphatic rings. The van der Waals surface area contributed by atoms with E-state index in [1.165, 1.54) is 7.11 Å². The summed E-state index contributed by atoms with van der Waals surface area (Å²) in [6, 6.07) is 3.15. The summed E-state index contributed by atoms with van der Waals surface area (Å²) >= 11 is 0. The Morgan fingerprint density at radius 3 is 2.55 bits per heavy atom. The maximum atomic E-state index is 12.3. The monoisotopic (exact) mass is 415 g/mol. The second-order valence-corrected chi connectivity index (χ2v) is 5.52. The number of hydrogen-bond donors (Lipinski definition) is 1. The Kier molecular flexibility index (Phi) is 6.94. The number of benzene rings is 1. The van der Waals surface area contributed by atoms with Crippen molar-refractivity contribution in [3.05, 3.63) is 44.6 Å². The van der Waals surface area contributed by atoms with Crippen molar-refractivity contribution in [3.63, 3.8) is 0 Å². The summed E-state index contributed by atoms with van der Waals surface area (Å²) in [5, 5.41) is 28.0. The Morgan fingerprint density at radius 1 is 1.28 bits per heavy atom. The lowest BCUT2D eigenvalue weighted by Gasteiger charge is -2.09. The lowest BCUT2D eigenvalue weighted by Crippen LogP contribution is -2.15. The maximum Gasteiger partial charge on any atom is 0.350 e. The summed E-state index contributed by atoms with van der Waals surface area (Å²) in [7, 11) is 1.21. The predicted molar refractivity (Wildman–Crippen MR) is 93.3 cm³/mol. The van der Waals surface area contributed by atoms with Gasteiger partial charge in [0.25, 0.3) is 12.1 Å². The second kappa shape index (κ2) is 9.38. The van der Waals surface area contributed by atoms with Crippen LogP contribution in [0.5, 0.6) is 11.6 Å². The molecule has 0 saturated carbocycles. The number of alkyl halides is 2. The van der Waals surface area contributed by atoms with Crippen molar-refractivity contribution in [1.29, 1.82) is 0 Å². The summed E-state index contributed by atoms with van der Waals surface area (Å²) in [6.07, 6.45) is -1.87. The van der Waals surface area contributed by atoms with Crippen molar-refractivity contribution in [3.8, 4) is 11.6 Å². The normalized spacial score (nSPS) is 10.6. The molecule has 2 rings (SSSR count). The van der Waals surface area contributed by atoms with E-state index in [0.717, 1.165) is 29.1 Å². The van der Waals surface area contributed by atoms with E-state index in [9.17, 15) is 33.8 Å². The van der Waals surface area contributed by atoms with Crippen molar-refractivity contribution in [1.82, 2.24) is 9.78 Å². The van der Waals surface area contributed by atoms with Crippen LogP contribution in [0.25, 0.3) is 0 Å². The lowest BCUT2D eigenvalue weighted by atomic mass is 10.2. The topological polar surface area (TPSA) is 152 Å². The minimum absolute atomic E-state index is 0.0301. The standard InChI is InChI=1S/C15H15F2N5O7/c1-28-15-12(22(26)27)7-20(19-15)3-2-14(23)18-9-4-10(21(24)25)6-11(5-9)29-8-13(16)17/h4-7,13H,2-3,8H2,1H3,(H,18,23). The Labute approximate surface area is 161 Å². The highest BCUT2D eigenvalue weighted by atomic mass is 19.3. The Balaban J connectivity index is 2.06. The fourth-order valence-electron chi connectivity index (χ4n) is 2.22. The zero-order valence-electron chi connectivity index (χ0n) is 14.9. The zero-order chi connectivity index (χ0) is 21.6. The molecule has 0 bridgehead atoms. The molecule has 1 aromatic carbocycles. The third-order valence-corrected chi connectivity index (χ3v) is 3.43. The molecule has 1 N–H and O–H groups in total. The lowest BCUT2D eigenvalue weighted by molar-refractivity contribution is -0.385. The number of nitro groups is 2. The first-order chi connectivity index (χ1) is 13.7. The minimum atomic E-state index is -2.78. The van der Waals surface area contributed by atoms with Crippen LogP contribution in [0.1, 0.15) is 6.42 Å². The molecule has 0 aliphatic carbocycles. The number of carbonyl (C=O) groups excluding carboxylic acids is 1. The molecular weight excluding hydrogens is 400 g/mol. The van der Waals surface area contributed by atoms with Crippen molar-refractivity contribution in [2.45, 2.75) is 19.4 Å². The van der Waals surface area contributed by atoms with Gasteiger partial charge < -0.3 is 14.8 Å². The molecule has 156 valence electrons. The first kappa shape index (κ1) is 21.5. The molecule has 0 radical (unpaired) electrons. The Hall–Kier alpha value is -3.84. The number of nitrogens with one attached hydrogen (secondary N) is 1. The number of nitrogens with zero attached hydrogens (tertiary/aromatic N) is 4. The number of halogens is 2. The van der Waals surface area contributed by atoms with Gasteiger partial charge in [-0.05, 0) is 0 Å². The van der Waals surface area contributed by atoms with E-state index in [-0.39, 0.29) is 36.0 Å². The van der Waals surface area contributed by atoms with Gasteiger partial charge in [0, 0.05) is 18.6 Å². The van der Waals surface area contributed by atoms with E-state index >= 15 is 0 Å². The Morgan fingerprint density at radius 2 is 2.00 bits per heavy atom. The molecule has 14 heteroatoms. The summed E-state index contributed by atoms with van der Waals surface area (Å²) in [6.45, 7) is -1.01. The van der Waals surface area contributed by atoms with Gasteiger partial charge in [-0.3, -0.25) is 29.7 Å². The summed E-state index contributed by atoms with van der Waals surface area (Å²) in [5.41, 5.74) is -0.857. The van der Waals surface area contributed by atoms with Crippen LogP contribution in [0.3, 0.4) is 0 Å². The number of amides is 1. The van der Waals surface area contributed by atoms with Gasteiger partial charge in [-0.25, -0.2) is 8.78 Å². The molecule has 12 nitrogen and oxygen atoms in total. The highest BCUT2D eigenvalue weighted by molar-refractivity contribution is 5.91. The van der Waals surface area contributed by atoms with E-state index < -0.39 is 34.5 Å². The van der Waals surface area contributed by atoms with Crippen molar-refractivity contribution >= 4 is 23.0 Å². The first-order valence-corrected chi connectivity index (χ1v) is 7.95. The van der Waals surface area contributed by atoms with Crippen molar-refractivity contribution < 1.29 is 32.9 Å². The number of anilines is 1.